The van der Waals surface area contributed by atoms with Gasteiger partial charge in [0, 0.05) is 31.6 Å². The molecule has 3 atom stereocenters. The quantitative estimate of drug-likeness (QED) is 0.664. The van der Waals surface area contributed by atoms with Crippen molar-refractivity contribution in [1.29, 1.82) is 0 Å². The maximum Gasteiger partial charge on any atom is 0.0618 e. The molecule has 1 heterocycles. The van der Waals surface area contributed by atoms with Crippen molar-refractivity contribution in [1.82, 2.24) is 0 Å². The van der Waals surface area contributed by atoms with E-state index in [1.807, 2.05) is 0 Å². The molecule has 0 bridgehead atoms. The van der Waals surface area contributed by atoms with Crippen molar-refractivity contribution in [3.05, 3.63) is 0 Å². The average molecular weight is 221 g/mol. The molecule has 0 aliphatic carbocycles. The predicted octanol–water partition coefficient (Wildman–Crippen LogP) is 2.69. The van der Waals surface area contributed by atoms with Gasteiger partial charge in [0.1, 0.15) is 0 Å². The van der Waals surface area contributed by atoms with Gasteiger partial charge in [-0.1, -0.05) is 6.92 Å². The van der Waals surface area contributed by atoms with Crippen LogP contribution >= 0.6 is 11.6 Å². The van der Waals surface area contributed by atoms with Gasteiger partial charge >= 0.3 is 0 Å². The Labute approximate surface area is 91.9 Å². The van der Waals surface area contributed by atoms with Crippen LogP contribution in [0.5, 0.6) is 0 Å². The Morgan fingerprint density at radius 3 is 2.79 bits per heavy atom. The predicted molar refractivity (Wildman–Crippen MR) is 58.8 cm³/mol. The van der Waals surface area contributed by atoms with Gasteiger partial charge in [-0.25, -0.2) is 0 Å². The highest BCUT2D eigenvalue weighted by atomic mass is 35.5. The van der Waals surface area contributed by atoms with E-state index in [1.54, 1.807) is 7.11 Å². The zero-order valence-corrected chi connectivity index (χ0v) is 10.1. The van der Waals surface area contributed by atoms with E-state index in [2.05, 4.69) is 13.8 Å². The Hall–Kier alpha value is 0.210. The number of rotatable bonds is 5. The van der Waals surface area contributed by atoms with Crippen LogP contribution in [-0.4, -0.2) is 32.3 Å². The van der Waals surface area contributed by atoms with E-state index in [4.69, 9.17) is 21.1 Å². The van der Waals surface area contributed by atoms with Crippen LogP contribution in [0.4, 0.5) is 0 Å². The third-order valence-corrected chi connectivity index (χ3v) is 4.23. The second-order valence-corrected chi connectivity index (χ2v) is 4.58. The lowest BCUT2D eigenvalue weighted by Gasteiger charge is -2.36. The Balaban J connectivity index is 2.58. The average Bonchev–Trinajstić information content (AvgIpc) is 2.57. The lowest BCUT2D eigenvalue weighted by Crippen LogP contribution is -2.37. The topological polar surface area (TPSA) is 18.5 Å². The molecule has 3 unspecified atom stereocenters. The smallest absolute Gasteiger partial charge is 0.0618 e. The van der Waals surface area contributed by atoms with Gasteiger partial charge < -0.3 is 9.47 Å². The Bertz CT molecular complexity index is 175. The fourth-order valence-corrected chi connectivity index (χ4v) is 2.95. The molecule has 0 aromatic rings. The maximum atomic E-state index is 6.11. The summed E-state index contributed by atoms with van der Waals surface area (Å²) in [7, 11) is 1.74. The van der Waals surface area contributed by atoms with Crippen LogP contribution in [-0.2, 0) is 9.47 Å². The Morgan fingerprint density at radius 1 is 1.64 bits per heavy atom. The van der Waals surface area contributed by atoms with Crippen molar-refractivity contribution < 1.29 is 9.47 Å². The molecule has 0 spiro atoms. The molecular weight excluding hydrogens is 200 g/mol. The SMILES string of the molecule is COCCC(C)C1(CCl)CCOC1C. The van der Waals surface area contributed by atoms with Crippen LogP contribution in [0.2, 0.25) is 0 Å². The molecule has 1 saturated heterocycles. The van der Waals surface area contributed by atoms with E-state index >= 15 is 0 Å². The van der Waals surface area contributed by atoms with Crippen molar-refractivity contribution >= 4 is 11.6 Å². The van der Waals surface area contributed by atoms with Gasteiger partial charge in [-0.2, -0.15) is 0 Å². The second-order valence-electron chi connectivity index (χ2n) is 4.31. The number of halogens is 1. The van der Waals surface area contributed by atoms with Gasteiger partial charge in [-0.15, -0.1) is 11.6 Å². The summed E-state index contributed by atoms with van der Waals surface area (Å²) in [5.74, 6) is 1.26. The van der Waals surface area contributed by atoms with Crippen LogP contribution < -0.4 is 0 Å². The van der Waals surface area contributed by atoms with Gasteiger partial charge in [0.25, 0.3) is 0 Å². The summed E-state index contributed by atoms with van der Waals surface area (Å²) in [6.07, 6.45) is 2.44. The molecule has 3 heteroatoms. The standard InChI is InChI=1S/C11H21ClO2/c1-9(4-6-13-3)11(8-12)5-7-14-10(11)2/h9-10H,4-8H2,1-3H3. The number of alkyl halides is 1. The van der Waals surface area contributed by atoms with Crippen LogP contribution in [0.15, 0.2) is 0 Å². The van der Waals surface area contributed by atoms with Crippen molar-refractivity contribution in [2.75, 3.05) is 26.2 Å². The van der Waals surface area contributed by atoms with Crippen molar-refractivity contribution in [3.63, 3.8) is 0 Å². The van der Waals surface area contributed by atoms with E-state index in [9.17, 15) is 0 Å². The molecule has 0 aromatic carbocycles. The fraction of sp³-hybridized carbons (Fsp3) is 1.00. The first kappa shape index (κ1) is 12.3. The molecule has 2 nitrogen and oxygen atoms in total. The minimum absolute atomic E-state index is 0.167. The largest absolute Gasteiger partial charge is 0.385 e. The monoisotopic (exact) mass is 220 g/mol. The molecule has 1 aliphatic rings. The molecule has 0 aromatic heterocycles. The van der Waals surface area contributed by atoms with E-state index in [0.29, 0.717) is 11.8 Å². The molecule has 0 amide bonds. The summed E-state index contributed by atoms with van der Waals surface area (Å²) in [6.45, 7) is 6.06. The van der Waals surface area contributed by atoms with Crippen molar-refractivity contribution in [3.8, 4) is 0 Å². The lowest BCUT2D eigenvalue weighted by molar-refractivity contribution is 0.0357. The summed E-state index contributed by atoms with van der Waals surface area (Å²) < 4.78 is 10.7. The third-order valence-electron chi connectivity index (χ3n) is 3.73. The van der Waals surface area contributed by atoms with Gasteiger partial charge in [0.15, 0.2) is 0 Å². The third kappa shape index (κ3) is 2.23. The zero-order valence-electron chi connectivity index (χ0n) is 9.38. The second kappa shape index (κ2) is 5.34. The van der Waals surface area contributed by atoms with Gasteiger partial charge in [0.2, 0.25) is 0 Å². The molecule has 1 aliphatic heterocycles. The van der Waals surface area contributed by atoms with Crippen LogP contribution in [0.25, 0.3) is 0 Å². The van der Waals surface area contributed by atoms with Gasteiger partial charge in [-0.3, -0.25) is 0 Å². The van der Waals surface area contributed by atoms with E-state index < -0.39 is 0 Å². The van der Waals surface area contributed by atoms with Crippen LogP contribution in [0, 0.1) is 11.3 Å². The summed E-state index contributed by atoms with van der Waals surface area (Å²) in [6, 6.07) is 0. The van der Waals surface area contributed by atoms with E-state index in [1.165, 1.54) is 0 Å². The molecule has 1 fully saturated rings. The van der Waals surface area contributed by atoms with Crippen LogP contribution in [0.1, 0.15) is 26.7 Å². The van der Waals surface area contributed by atoms with Gasteiger partial charge in [-0.05, 0) is 25.7 Å². The number of methoxy groups -OCH3 is 1. The normalized spacial score (nSPS) is 34.7. The Morgan fingerprint density at radius 2 is 2.36 bits per heavy atom. The lowest BCUT2D eigenvalue weighted by atomic mass is 9.72. The summed E-state index contributed by atoms with van der Waals surface area (Å²) in [4.78, 5) is 0. The Kier molecular flexibility index (Phi) is 4.68. The number of ether oxygens (including phenoxy) is 2. The molecule has 14 heavy (non-hydrogen) atoms. The molecular formula is C11H21ClO2. The first-order valence-corrected chi connectivity index (χ1v) is 5.87. The highest BCUT2D eigenvalue weighted by Crippen LogP contribution is 2.44. The summed E-state index contributed by atoms with van der Waals surface area (Å²) in [5, 5.41) is 0. The first-order chi connectivity index (χ1) is 6.67. The highest BCUT2D eigenvalue weighted by molar-refractivity contribution is 6.18. The highest BCUT2D eigenvalue weighted by Gasteiger charge is 2.44. The molecule has 84 valence electrons. The van der Waals surface area contributed by atoms with Gasteiger partial charge in [0.05, 0.1) is 6.10 Å². The fourth-order valence-electron chi connectivity index (χ4n) is 2.33. The first-order valence-electron chi connectivity index (χ1n) is 5.34. The number of hydrogen-bond acceptors (Lipinski definition) is 2. The minimum Gasteiger partial charge on any atom is -0.385 e. The van der Waals surface area contributed by atoms with Crippen LogP contribution in [0.3, 0.4) is 0 Å². The van der Waals surface area contributed by atoms with Crippen molar-refractivity contribution in [2.24, 2.45) is 11.3 Å². The molecule has 0 N–H and O–H groups in total. The number of hydrogen-bond donors (Lipinski definition) is 0. The maximum absolute atomic E-state index is 6.11. The zero-order chi connectivity index (χ0) is 10.6. The molecule has 0 radical (unpaired) electrons. The van der Waals surface area contributed by atoms with E-state index in [0.717, 1.165) is 26.1 Å². The molecule has 0 saturated carbocycles. The van der Waals surface area contributed by atoms with E-state index in [-0.39, 0.29) is 11.5 Å². The summed E-state index contributed by atoms with van der Waals surface area (Å²) in [5.41, 5.74) is 0.167. The minimum atomic E-state index is 0.167. The molecule has 1 rings (SSSR count). The van der Waals surface area contributed by atoms with Crippen molar-refractivity contribution in [2.45, 2.75) is 32.8 Å². The summed E-state index contributed by atoms with van der Waals surface area (Å²) >= 11 is 6.11.